The van der Waals surface area contributed by atoms with E-state index in [1.54, 1.807) is 42.5 Å². The number of methoxy groups -OCH3 is 1. The highest BCUT2D eigenvalue weighted by Gasteiger charge is 2.14. The third-order valence-electron chi connectivity index (χ3n) is 3.37. The molecule has 8 heteroatoms. The Morgan fingerprint density at radius 2 is 1.96 bits per heavy atom. The van der Waals surface area contributed by atoms with E-state index in [0.29, 0.717) is 11.3 Å². The van der Waals surface area contributed by atoms with Crippen molar-refractivity contribution in [3.63, 3.8) is 0 Å². The van der Waals surface area contributed by atoms with E-state index < -0.39 is 24.5 Å². The van der Waals surface area contributed by atoms with Gasteiger partial charge >= 0.3 is 11.9 Å². The first kappa shape index (κ1) is 19.5. The highest BCUT2D eigenvalue weighted by molar-refractivity contribution is 5.98. The molecule has 1 aromatic carbocycles. The van der Waals surface area contributed by atoms with Crippen LogP contribution < -0.4 is 5.32 Å². The molecule has 27 heavy (non-hydrogen) atoms. The average molecular weight is 368 g/mol. The van der Waals surface area contributed by atoms with Crippen molar-refractivity contribution in [1.29, 1.82) is 5.26 Å². The molecular weight excluding hydrogens is 352 g/mol. The van der Waals surface area contributed by atoms with Crippen LogP contribution in [0.15, 0.2) is 52.7 Å². The van der Waals surface area contributed by atoms with Crippen LogP contribution in [0, 0.1) is 11.3 Å². The summed E-state index contributed by atoms with van der Waals surface area (Å²) in [6.45, 7) is -0.346. The van der Waals surface area contributed by atoms with E-state index in [4.69, 9.17) is 14.4 Å². The van der Waals surface area contributed by atoms with Gasteiger partial charge in [0.15, 0.2) is 6.61 Å². The van der Waals surface area contributed by atoms with Gasteiger partial charge in [-0.3, -0.25) is 4.79 Å². The lowest BCUT2D eigenvalue weighted by molar-refractivity contribution is -0.144. The fourth-order valence-corrected chi connectivity index (χ4v) is 1.99. The number of furan rings is 1. The van der Waals surface area contributed by atoms with E-state index in [9.17, 15) is 14.4 Å². The Labute approximate surface area is 155 Å². The number of carbonyl (C=O) groups is 3. The highest BCUT2D eigenvalue weighted by Crippen LogP contribution is 2.08. The van der Waals surface area contributed by atoms with E-state index in [-0.39, 0.29) is 12.1 Å². The minimum Gasteiger partial charge on any atom is -0.465 e. The zero-order chi connectivity index (χ0) is 19.6. The SMILES string of the molecule is COC(=O)c1ccc(CNC(=O)COC(=O)/C(C#N)=C/c2ccco2)cc1. The number of nitrogens with one attached hydrogen (secondary N) is 1. The third-order valence-corrected chi connectivity index (χ3v) is 3.37. The standard InChI is InChI=1S/C19H16N2O6/c1-25-18(23)14-6-4-13(5-7-14)11-21-17(22)12-27-19(24)15(10-20)9-16-3-2-8-26-16/h2-9H,11-12H2,1H3,(H,21,22)/b15-9+. The molecule has 1 aromatic heterocycles. The number of benzene rings is 1. The monoisotopic (exact) mass is 368 g/mol. The fraction of sp³-hybridized carbons (Fsp3) is 0.158. The molecule has 8 nitrogen and oxygen atoms in total. The first-order valence-corrected chi connectivity index (χ1v) is 7.80. The molecule has 0 atom stereocenters. The van der Waals surface area contributed by atoms with Crippen LogP contribution in [0.2, 0.25) is 0 Å². The van der Waals surface area contributed by atoms with Gasteiger partial charge in [-0.15, -0.1) is 0 Å². The summed E-state index contributed by atoms with van der Waals surface area (Å²) in [5.41, 5.74) is 0.864. The summed E-state index contributed by atoms with van der Waals surface area (Å²) in [5.74, 6) is -1.58. The van der Waals surface area contributed by atoms with Gasteiger partial charge < -0.3 is 19.2 Å². The molecule has 0 aliphatic heterocycles. The van der Waals surface area contributed by atoms with Gasteiger partial charge in [0.05, 0.1) is 18.9 Å². The maximum atomic E-state index is 11.8. The summed E-state index contributed by atoms with van der Waals surface area (Å²) in [6.07, 6.45) is 2.63. The van der Waals surface area contributed by atoms with Gasteiger partial charge in [-0.25, -0.2) is 9.59 Å². The van der Waals surface area contributed by atoms with E-state index in [1.807, 2.05) is 0 Å². The Morgan fingerprint density at radius 1 is 1.22 bits per heavy atom. The van der Waals surface area contributed by atoms with Crippen molar-refractivity contribution in [1.82, 2.24) is 5.32 Å². The van der Waals surface area contributed by atoms with Crippen LogP contribution in [0.5, 0.6) is 0 Å². The molecule has 0 saturated carbocycles. The Hall–Kier alpha value is -3.86. The number of carbonyl (C=O) groups excluding carboxylic acids is 3. The van der Waals surface area contributed by atoms with Crippen LogP contribution in [0.3, 0.4) is 0 Å². The molecule has 1 N–H and O–H groups in total. The van der Waals surface area contributed by atoms with E-state index >= 15 is 0 Å². The molecule has 0 unspecified atom stereocenters. The number of esters is 2. The van der Waals surface area contributed by atoms with Crippen LogP contribution in [0.4, 0.5) is 0 Å². The Bertz CT molecular complexity index is 876. The lowest BCUT2D eigenvalue weighted by atomic mass is 10.1. The summed E-state index contributed by atoms with van der Waals surface area (Å²) in [4.78, 5) is 35.0. The summed E-state index contributed by atoms with van der Waals surface area (Å²) < 4.78 is 14.4. The Morgan fingerprint density at radius 3 is 2.56 bits per heavy atom. The first-order chi connectivity index (χ1) is 13.0. The molecule has 0 fully saturated rings. The predicted molar refractivity (Wildman–Crippen MR) is 92.9 cm³/mol. The van der Waals surface area contributed by atoms with Crippen LogP contribution in [0.1, 0.15) is 21.7 Å². The van der Waals surface area contributed by atoms with Crippen molar-refractivity contribution >= 4 is 23.9 Å². The molecule has 138 valence electrons. The van der Waals surface area contributed by atoms with Gasteiger partial charge in [0.25, 0.3) is 5.91 Å². The van der Waals surface area contributed by atoms with Crippen molar-refractivity contribution in [3.05, 3.63) is 65.1 Å². The molecule has 0 aliphatic rings. The van der Waals surface area contributed by atoms with Gasteiger partial charge in [0, 0.05) is 12.6 Å². The largest absolute Gasteiger partial charge is 0.465 e. The second-order valence-corrected chi connectivity index (χ2v) is 5.23. The molecule has 1 amide bonds. The van der Waals surface area contributed by atoms with E-state index in [0.717, 1.165) is 5.56 Å². The maximum absolute atomic E-state index is 11.8. The third kappa shape index (κ3) is 5.86. The molecule has 1 heterocycles. The van der Waals surface area contributed by atoms with Crippen molar-refractivity contribution in [2.75, 3.05) is 13.7 Å². The molecule has 0 bridgehead atoms. The number of hydrogen-bond donors (Lipinski definition) is 1. The molecule has 0 radical (unpaired) electrons. The van der Waals surface area contributed by atoms with Gasteiger partial charge in [0.1, 0.15) is 17.4 Å². The van der Waals surface area contributed by atoms with Crippen molar-refractivity contribution in [2.45, 2.75) is 6.54 Å². The number of nitriles is 1. The van der Waals surface area contributed by atoms with E-state index in [1.165, 1.54) is 19.4 Å². The zero-order valence-corrected chi connectivity index (χ0v) is 14.4. The van der Waals surface area contributed by atoms with Crippen LogP contribution in [-0.4, -0.2) is 31.6 Å². The van der Waals surface area contributed by atoms with E-state index in [2.05, 4.69) is 10.1 Å². The Kier molecular flexibility index (Phi) is 6.91. The average Bonchev–Trinajstić information content (AvgIpc) is 3.21. The van der Waals surface area contributed by atoms with Crippen LogP contribution in [0.25, 0.3) is 6.08 Å². The van der Waals surface area contributed by atoms with Gasteiger partial charge in [0.2, 0.25) is 0 Å². The van der Waals surface area contributed by atoms with Crippen LogP contribution >= 0.6 is 0 Å². The molecule has 0 saturated heterocycles. The second kappa shape index (κ2) is 9.58. The minimum absolute atomic E-state index is 0.186. The smallest absolute Gasteiger partial charge is 0.349 e. The molecule has 2 aromatic rings. The molecule has 2 rings (SSSR count). The lowest BCUT2D eigenvalue weighted by Gasteiger charge is -2.07. The van der Waals surface area contributed by atoms with Gasteiger partial charge in [-0.1, -0.05) is 12.1 Å². The van der Waals surface area contributed by atoms with Crippen molar-refractivity contribution in [2.24, 2.45) is 0 Å². The fourth-order valence-electron chi connectivity index (χ4n) is 1.99. The predicted octanol–water partition coefficient (Wildman–Crippen LogP) is 1.83. The van der Waals surface area contributed by atoms with Gasteiger partial charge in [-0.2, -0.15) is 5.26 Å². The summed E-state index contributed by atoms with van der Waals surface area (Å²) in [5, 5.41) is 11.6. The Balaban J connectivity index is 1.81. The normalized spacial score (nSPS) is 10.6. The quantitative estimate of drug-likeness (QED) is 0.450. The zero-order valence-electron chi connectivity index (χ0n) is 14.4. The van der Waals surface area contributed by atoms with Crippen molar-refractivity contribution in [3.8, 4) is 6.07 Å². The highest BCUT2D eigenvalue weighted by atomic mass is 16.5. The number of amides is 1. The topological polar surface area (TPSA) is 119 Å². The van der Waals surface area contributed by atoms with Crippen LogP contribution in [-0.2, 0) is 25.6 Å². The minimum atomic E-state index is -0.925. The van der Waals surface area contributed by atoms with Crippen molar-refractivity contribution < 1.29 is 28.3 Å². The molecule has 0 spiro atoms. The number of rotatable bonds is 7. The number of hydrogen-bond acceptors (Lipinski definition) is 7. The summed E-state index contributed by atoms with van der Waals surface area (Å²) in [6, 6.07) is 11.4. The lowest BCUT2D eigenvalue weighted by Crippen LogP contribution is -2.28. The first-order valence-electron chi connectivity index (χ1n) is 7.80. The molecule has 0 aliphatic carbocycles. The maximum Gasteiger partial charge on any atom is 0.349 e. The summed E-state index contributed by atoms with van der Waals surface area (Å²) in [7, 11) is 1.29. The second-order valence-electron chi connectivity index (χ2n) is 5.23. The number of ether oxygens (including phenoxy) is 2. The summed E-state index contributed by atoms with van der Waals surface area (Å²) >= 11 is 0. The van der Waals surface area contributed by atoms with Gasteiger partial charge in [-0.05, 0) is 29.8 Å². The molecular formula is C19H16N2O6. The number of nitrogens with zero attached hydrogens (tertiary/aromatic N) is 1.